The van der Waals surface area contributed by atoms with Crippen LogP contribution >= 0.6 is 0 Å². The lowest BCUT2D eigenvalue weighted by molar-refractivity contribution is -0.384. The number of non-ortho nitro benzene ring substituents is 1. The third-order valence-electron chi connectivity index (χ3n) is 9.02. The summed E-state index contributed by atoms with van der Waals surface area (Å²) in [4.78, 5) is 23.0. The number of nitro benzene ring substituents is 1. The number of hydrogen-bond acceptors (Lipinski definition) is 5. The Labute approximate surface area is 277 Å². The Bertz CT molecular complexity index is 812. The van der Waals surface area contributed by atoms with E-state index in [0.717, 1.165) is 25.7 Å². The monoisotopic (exact) mass is 632 g/mol. The minimum atomic E-state index is -0.714. The number of hydrogen-bond donors (Lipinski definition) is 0. The topological polar surface area (TPSA) is 78.7 Å². The summed E-state index contributed by atoms with van der Waals surface area (Å²) >= 11 is 0. The van der Waals surface area contributed by atoms with Crippen LogP contribution in [0.5, 0.6) is 5.75 Å². The average molecular weight is 632 g/mol. The number of ether oxygens (including phenoxy) is 2. The molecule has 1 atom stereocenters. The van der Waals surface area contributed by atoms with Crippen LogP contribution in [0, 0.1) is 10.1 Å². The van der Waals surface area contributed by atoms with E-state index in [0.29, 0.717) is 0 Å². The molecule has 0 aliphatic heterocycles. The van der Waals surface area contributed by atoms with E-state index in [1.807, 2.05) is 0 Å². The second-order valence-corrected chi connectivity index (χ2v) is 13.3. The van der Waals surface area contributed by atoms with Gasteiger partial charge in [-0.3, -0.25) is 10.1 Å². The lowest BCUT2D eigenvalue weighted by atomic mass is 10.0. The fraction of sp³-hybridized carbons (Fsp3) is 0.821. The van der Waals surface area contributed by atoms with Crippen molar-refractivity contribution in [3.05, 3.63) is 34.4 Å². The highest BCUT2D eigenvalue weighted by Gasteiger charge is 2.17. The van der Waals surface area contributed by atoms with Crippen LogP contribution in [0.3, 0.4) is 0 Å². The first-order valence-corrected chi connectivity index (χ1v) is 19.2. The number of nitro groups is 1. The van der Waals surface area contributed by atoms with Gasteiger partial charge in [-0.05, 0) is 37.8 Å². The van der Waals surface area contributed by atoms with Crippen molar-refractivity contribution < 1.29 is 19.2 Å². The number of carbonyl (C=O) groups excluding carboxylic acids is 1. The molecule has 0 spiro atoms. The lowest BCUT2D eigenvalue weighted by Crippen LogP contribution is -2.21. The number of unbranched alkanes of at least 4 members (excludes halogenated alkanes) is 25. The Morgan fingerprint density at radius 3 is 1.18 bits per heavy atom. The first-order chi connectivity index (χ1) is 22.1. The molecule has 1 aromatic carbocycles. The zero-order chi connectivity index (χ0) is 32.6. The van der Waals surface area contributed by atoms with Crippen molar-refractivity contribution in [2.45, 2.75) is 206 Å². The van der Waals surface area contributed by atoms with Crippen LogP contribution in [-0.4, -0.2) is 17.2 Å². The largest absolute Gasteiger partial charge is 0.514 e. The highest BCUT2D eigenvalue weighted by Crippen LogP contribution is 2.21. The number of benzene rings is 1. The highest BCUT2D eigenvalue weighted by molar-refractivity contribution is 5.64. The van der Waals surface area contributed by atoms with Crippen LogP contribution in [0.15, 0.2) is 24.3 Å². The van der Waals surface area contributed by atoms with E-state index in [-0.39, 0.29) is 17.5 Å². The van der Waals surface area contributed by atoms with Gasteiger partial charge in [0.15, 0.2) is 0 Å². The average Bonchev–Trinajstić information content (AvgIpc) is 3.03. The Morgan fingerprint density at radius 2 is 0.867 bits per heavy atom. The quantitative estimate of drug-likeness (QED) is 0.0260. The SMILES string of the molecule is CCCCCCCCCCCCCCCCCC(CCCCCCCCCCCCCC)OC(=O)Oc1ccc([N+](=O)[O-])cc1. The Morgan fingerprint density at radius 1 is 0.556 bits per heavy atom. The van der Waals surface area contributed by atoms with Gasteiger partial charge in [-0.1, -0.05) is 174 Å². The maximum atomic E-state index is 12.5. The molecule has 0 fully saturated rings. The van der Waals surface area contributed by atoms with Gasteiger partial charge < -0.3 is 9.47 Å². The van der Waals surface area contributed by atoms with Gasteiger partial charge in [0.05, 0.1) is 4.92 Å². The fourth-order valence-electron chi connectivity index (χ4n) is 6.11. The number of rotatable bonds is 32. The van der Waals surface area contributed by atoms with E-state index in [1.165, 1.54) is 185 Å². The highest BCUT2D eigenvalue weighted by atomic mass is 16.7. The second kappa shape index (κ2) is 30.5. The third kappa shape index (κ3) is 25.7. The van der Waals surface area contributed by atoms with E-state index in [9.17, 15) is 14.9 Å². The van der Waals surface area contributed by atoms with Crippen LogP contribution in [0.4, 0.5) is 10.5 Å². The Balaban J connectivity index is 2.24. The number of carbonyl (C=O) groups is 1. The van der Waals surface area contributed by atoms with E-state index >= 15 is 0 Å². The van der Waals surface area contributed by atoms with Gasteiger partial charge in [-0.25, -0.2) is 4.79 Å². The second-order valence-electron chi connectivity index (χ2n) is 13.3. The summed E-state index contributed by atoms with van der Waals surface area (Å²) in [6, 6.07) is 5.55. The maximum absolute atomic E-state index is 12.5. The van der Waals surface area contributed by atoms with Gasteiger partial charge in [0.2, 0.25) is 0 Å². The van der Waals surface area contributed by atoms with Gasteiger partial charge in [0.25, 0.3) is 5.69 Å². The van der Waals surface area contributed by atoms with Gasteiger partial charge in [-0.15, -0.1) is 0 Å². The molecule has 1 rings (SSSR count). The summed E-state index contributed by atoms with van der Waals surface area (Å²) in [6.45, 7) is 4.54. The summed E-state index contributed by atoms with van der Waals surface area (Å²) in [7, 11) is 0. The summed E-state index contributed by atoms with van der Waals surface area (Å²) in [5.74, 6) is 0.265. The molecule has 0 saturated carbocycles. The molecule has 0 saturated heterocycles. The molecule has 1 unspecified atom stereocenters. The maximum Gasteiger partial charge on any atom is 0.514 e. The zero-order valence-corrected chi connectivity index (χ0v) is 29.4. The van der Waals surface area contributed by atoms with Crippen molar-refractivity contribution >= 4 is 11.8 Å². The zero-order valence-electron chi connectivity index (χ0n) is 29.4. The van der Waals surface area contributed by atoms with Gasteiger partial charge in [-0.2, -0.15) is 0 Å². The fourth-order valence-corrected chi connectivity index (χ4v) is 6.11. The van der Waals surface area contributed by atoms with Crippen molar-refractivity contribution in [3.8, 4) is 5.75 Å². The standard InChI is InChI=1S/C39H69NO5/c1-3-5-7-9-11-13-15-17-18-19-21-23-25-27-29-31-37(30-28-26-24-22-20-16-14-12-10-8-6-4-2)44-39(41)45-38-34-32-36(33-35-38)40(42)43/h32-35,37H,3-31H2,1-2H3. The molecule has 6 heteroatoms. The van der Waals surface area contributed by atoms with Gasteiger partial charge >= 0.3 is 6.16 Å². The summed E-state index contributed by atoms with van der Waals surface area (Å²) in [5.41, 5.74) is -0.0336. The van der Waals surface area contributed by atoms with Crippen molar-refractivity contribution in [3.63, 3.8) is 0 Å². The van der Waals surface area contributed by atoms with Crippen LogP contribution in [0.2, 0.25) is 0 Å². The van der Waals surface area contributed by atoms with Crippen LogP contribution in [-0.2, 0) is 4.74 Å². The van der Waals surface area contributed by atoms with Crippen molar-refractivity contribution in [1.29, 1.82) is 0 Å². The smallest absolute Gasteiger partial charge is 0.431 e. The molecular formula is C39H69NO5. The normalized spacial score (nSPS) is 11.9. The van der Waals surface area contributed by atoms with Gasteiger partial charge in [0.1, 0.15) is 11.9 Å². The molecule has 0 aromatic heterocycles. The van der Waals surface area contributed by atoms with Crippen molar-refractivity contribution in [2.24, 2.45) is 0 Å². The van der Waals surface area contributed by atoms with Crippen LogP contribution < -0.4 is 4.74 Å². The van der Waals surface area contributed by atoms with E-state index in [4.69, 9.17) is 9.47 Å². The van der Waals surface area contributed by atoms with Crippen molar-refractivity contribution in [2.75, 3.05) is 0 Å². The summed E-state index contributed by atoms with van der Waals surface area (Å²) in [5, 5.41) is 10.9. The number of nitrogens with zero attached hydrogens (tertiary/aromatic N) is 1. The summed E-state index contributed by atoms with van der Waals surface area (Å²) < 4.78 is 11.1. The molecule has 45 heavy (non-hydrogen) atoms. The van der Waals surface area contributed by atoms with Crippen molar-refractivity contribution in [1.82, 2.24) is 0 Å². The molecule has 0 N–H and O–H groups in total. The molecule has 0 heterocycles. The van der Waals surface area contributed by atoms with Crippen LogP contribution in [0.1, 0.15) is 200 Å². The molecule has 0 aliphatic carbocycles. The molecule has 6 nitrogen and oxygen atoms in total. The summed E-state index contributed by atoms with van der Waals surface area (Å²) in [6.07, 6.45) is 36.6. The minimum absolute atomic E-state index is 0.0336. The molecule has 0 radical (unpaired) electrons. The molecule has 260 valence electrons. The van der Waals surface area contributed by atoms with Gasteiger partial charge in [0, 0.05) is 12.1 Å². The third-order valence-corrected chi connectivity index (χ3v) is 9.02. The molecular weight excluding hydrogens is 562 g/mol. The Kier molecular flexibility index (Phi) is 27.8. The predicted molar refractivity (Wildman–Crippen MR) is 189 cm³/mol. The first kappa shape index (κ1) is 40.9. The van der Waals surface area contributed by atoms with E-state index in [2.05, 4.69) is 13.8 Å². The molecule has 0 aliphatic rings. The molecule has 0 amide bonds. The van der Waals surface area contributed by atoms with Crippen LogP contribution in [0.25, 0.3) is 0 Å². The predicted octanol–water partition coefficient (Wildman–Crippen LogP) is 13.8. The Hall–Kier alpha value is -2.11. The van der Waals surface area contributed by atoms with E-state index in [1.54, 1.807) is 0 Å². The molecule has 0 bridgehead atoms. The molecule has 1 aromatic rings. The minimum Gasteiger partial charge on any atom is -0.431 e. The lowest BCUT2D eigenvalue weighted by Gasteiger charge is -2.18. The first-order valence-electron chi connectivity index (χ1n) is 19.2. The van der Waals surface area contributed by atoms with E-state index < -0.39 is 11.1 Å².